The molecule has 116 valence electrons. The van der Waals surface area contributed by atoms with E-state index in [0.717, 1.165) is 25.7 Å². The van der Waals surface area contributed by atoms with Crippen LogP contribution < -0.4 is 4.74 Å². The van der Waals surface area contributed by atoms with Crippen LogP contribution in [0, 0.1) is 11.7 Å². The first-order chi connectivity index (χ1) is 10.1. The van der Waals surface area contributed by atoms with Crippen molar-refractivity contribution in [2.45, 2.75) is 31.7 Å². The van der Waals surface area contributed by atoms with Crippen molar-refractivity contribution in [1.82, 2.24) is 4.90 Å². The lowest BCUT2D eigenvalue weighted by Crippen LogP contribution is -2.39. The van der Waals surface area contributed by atoms with Gasteiger partial charge in [-0.2, -0.15) is 0 Å². The summed E-state index contributed by atoms with van der Waals surface area (Å²) in [6.45, 7) is 0.222. The van der Waals surface area contributed by atoms with Crippen LogP contribution in [-0.2, 0) is 0 Å². The fourth-order valence-electron chi connectivity index (χ4n) is 2.88. The van der Waals surface area contributed by atoms with Crippen molar-refractivity contribution in [3.05, 3.63) is 29.6 Å². The van der Waals surface area contributed by atoms with Crippen LogP contribution in [0.3, 0.4) is 0 Å². The van der Waals surface area contributed by atoms with Crippen LogP contribution in [0.25, 0.3) is 0 Å². The molecule has 0 spiro atoms. The van der Waals surface area contributed by atoms with Gasteiger partial charge in [0.25, 0.3) is 5.91 Å². The molecule has 21 heavy (non-hydrogen) atoms. The lowest BCUT2D eigenvalue weighted by Gasteiger charge is -2.34. The zero-order chi connectivity index (χ0) is 15.4. The van der Waals surface area contributed by atoms with E-state index in [9.17, 15) is 9.18 Å². The van der Waals surface area contributed by atoms with E-state index in [2.05, 4.69) is 0 Å². The Kier molecular flexibility index (Phi) is 5.17. The molecule has 0 aromatic heterocycles. The number of amides is 1. The van der Waals surface area contributed by atoms with E-state index in [4.69, 9.17) is 9.84 Å². The van der Waals surface area contributed by atoms with Gasteiger partial charge in [0, 0.05) is 25.3 Å². The van der Waals surface area contributed by atoms with Crippen LogP contribution in [-0.4, -0.2) is 42.7 Å². The van der Waals surface area contributed by atoms with Gasteiger partial charge >= 0.3 is 0 Å². The molecular formula is C16H22FNO3. The Hall–Kier alpha value is -1.62. The second kappa shape index (κ2) is 6.89. The minimum Gasteiger partial charge on any atom is -0.494 e. The Bertz CT molecular complexity index is 498. The van der Waals surface area contributed by atoms with Crippen LogP contribution >= 0.6 is 0 Å². The Balaban J connectivity index is 2.05. The predicted octanol–water partition coefficient (Wildman–Crippen LogP) is 2.46. The highest BCUT2D eigenvalue weighted by atomic mass is 19.1. The van der Waals surface area contributed by atoms with Gasteiger partial charge in [0.05, 0.1) is 7.11 Å². The molecule has 1 aromatic carbocycles. The summed E-state index contributed by atoms with van der Waals surface area (Å²) >= 11 is 0. The van der Waals surface area contributed by atoms with E-state index in [0.29, 0.717) is 11.5 Å². The average molecular weight is 295 g/mol. The third-order valence-corrected chi connectivity index (χ3v) is 4.34. The van der Waals surface area contributed by atoms with Crippen LogP contribution in [0.15, 0.2) is 18.2 Å². The number of rotatable bonds is 4. The minimum atomic E-state index is -0.472. The number of halogens is 1. The molecular weight excluding hydrogens is 273 g/mol. The molecule has 0 radical (unpaired) electrons. The lowest BCUT2D eigenvalue weighted by molar-refractivity contribution is 0.0652. The quantitative estimate of drug-likeness (QED) is 0.928. The summed E-state index contributed by atoms with van der Waals surface area (Å²) < 4.78 is 18.3. The molecule has 0 atom stereocenters. The second-order valence-corrected chi connectivity index (χ2v) is 5.62. The molecule has 1 aliphatic carbocycles. The van der Waals surface area contributed by atoms with Crippen molar-refractivity contribution in [3.8, 4) is 5.75 Å². The van der Waals surface area contributed by atoms with Gasteiger partial charge in [-0.25, -0.2) is 4.39 Å². The summed E-state index contributed by atoms with van der Waals surface area (Å²) in [7, 11) is 3.16. The molecule has 1 amide bonds. The zero-order valence-corrected chi connectivity index (χ0v) is 12.5. The van der Waals surface area contributed by atoms with E-state index in [-0.39, 0.29) is 24.3 Å². The molecule has 0 unspecified atom stereocenters. The fraction of sp³-hybridized carbons (Fsp3) is 0.562. The van der Waals surface area contributed by atoms with Gasteiger partial charge in [0.2, 0.25) is 0 Å². The number of hydrogen-bond acceptors (Lipinski definition) is 3. The molecule has 1 saturated carbocycles. The first-order valence-electron chi connectivity index (χ1n) is 7.28. The normalized spacial score (nSPS) is 21.9. The Morgan fingerprint density at radius 3 is 2.62 bits per heavy atom. The zero-order valence-electron chi connectivity index (χ0n) is 12.5. The van der Waals surface area contributed by atoms with Gasteiger partial charge in [-0.3, -0.25) is 4.79 Å². The maximum absolute atomic E-state index is 13.4. The Labute approximate surface area is 124 Å². The van der Waals surface area contributed by atoms with E-state index in [1.165, 1.54) is 25.3 Å². The highest BCUT2D eigenvalue weighted by Crippen LogP contribution is 2.28. The molecule has 0 heterocycles. The maximum atomic E-state index is 13.4. The highest BCUT2D eigenvalue weighted by Gasteiger charge is 2.27. The number of nitrogens with zero attached hydrogens (tertiary/aromatic N) is 1. The SMILES string of the molecule is COc1cc(C(=O)N(C)C2CCC(CO)CC2)ccc1F. The van der Waals surface area contributed by atoms with E-state index < -0.39 is 5.82 Å². The first-order valence-corrected chi connectivity index (χ1v) is 7.28. The first kappa shape index (κ1) is 15.8. The fourth-order valence-corrected chi connectivity index (χ4v) is 2.88. The molecule has 0 aliphatic heterocycles. The third-order valence-electron chi connectivity index (χ3n) is 4.34. The number of methoxy groups -OCH3 is 1. The van der Waals surface area contributed by atoms with E-state index in [1.807, 2.05) is 0 Å². The average Bonchev–Trinajstić information content (AvgIpc) is 2.54. The molecule has 1 aromatic rings. The maximum Gasteiger partial charge on any atom is 0.253 e. The predicted molar refractivity (Wildman–Crippen MR) is 77.9 cm³/mol. The largest absolute Gasteiger partial charge is 0.494 e. The standard InChI is InChI=1S/C16H22FNO3/c1-18(13-6-3-11(10-19)4-7-13)16(20)12-5-8-14(17)15(9-12)21-2/h5,8-9,11,13,19H,3-4,6-7,10H2,1-2H3. The van der Waals surface area contributed by atoms with Gasteiger partial charge in [0.1, 0.15) is 0 Å². The number of aliphatic hydroxyl groups excluding tert-OH is 1. The number of carbonyl (C=O) groups excluding carboxylic acids is 1. The second-order valence-electron chi connectivity index (χ2n) is 5.62. The number of aliphatic hydroxyl groups is 1. The smallest absolute Gasteiger partial charge is 0.253 e. The van der Waals surface area contributed by atoms with Gasteiger partial charge in [-0.1, -0.05) is 0 Å². The lowest BCUT2D eigenvalue weighted by atomic mass is 9.86. The van der Waals surface area contributed by atoms with E-state index >= 15 is 0 Å². The Morgan fingerprint density at radius 1 is 1.38 bits per heavy atom. The molecule has 4 nitrogen and oxygen atoms in total. The summed E-state index contributed by atoms with van der Waals surface area (Å²) in [5.41, 5.74) is 0.431. The third kappa shape index (κ3) is 3.53. The molecule has 0 bridgehead atoms. The molecule has 2 rings (SSSR count). The number of ether oxygens (including phenoxy) is 1. The van der Waals surface area contributed by atoms with Crippen LogP contribution in [0.4, 0.5) is 4.39 Å². The van der Waals surface area contributed by atoms with Gasteiger partial charge in [0.15, 0.2) is 11.6 Å². The monoisotopic (exact) mass is 295 g/mol. The molecule has 1 aliphatic rings. The summed E-state index contributed by atoms with van der Waals surface area (Å²) in [5, 5.41) is 9.16. The summed E-state index contributed by atoms with van der Waals surface area (Å²) in [6.07, 6.45) is 3.66. The van der Waals surface area contributed by atoms with Crippen molar-refractivity contribution in [2.24, 2.45) is 5.92 Å². The van der Waals surface area contributed by atoms with Crippen molar-refractivity contribution >= 4 is 5.91 Å². The van der Waals surface area contributed by atoms with Crippen LogP contribution in [0.2, 0.25) is 0 Å². The summed E-state index contributed by atoms with van der Waals surface area (Å²) in [5.74, 6) is -0.158. The van der Waals surface area contributed by atoms with E-state index in [1.54, 1.807) is 11.9 Å². The van der Waals surface area contributed by atoms with Crippen LogP contribution in [0.5, 0.6) is 5.75 Å². The Morgan fingerprint density at radius 2 is 2.05 bits per heavy atom. The van der Waals surface area contributed by atoms with Crippen molar-refractivity contribution < 1.29 is 19.0 Å². The summed E-state index contributed by atoms with van der Waals surface area (Å²) in [4.78, 5) is 14.2. The van der Waals surface area contributed by atoms with Crippen LogP contribution in [0.1, 0.15) is 36.0 Å². The highest BCUT2D eigenvalue weighted by molar-refractivity contribution is 5.94. The topological polar surface area (TPSA) is 49.8 Å². The number of hydrogen-bond donors (Lipinski definition) is 1. The summed E-state index contributed by atoms with van der Waals surface area (Å²) in [6, 6.07) is 4.35. The van der Waals surface area contributed by atoms with Gasteiger partial charge < -0.3 is 14.7 Å². The number of carbonyl (C=O) groups is 1. The van der Waals surface area contributed by atoms with Crippen molar-refractivity contribution in [3.63, 3.8) is 0 Å². The van der Waals surface area contributed by atoms with Gasteiger partial charge in [-0.15, -0.1) is 0 Å². The molecule has 5 heteroatoms. The van der Waals surface area contributed by atoms with Crippen molar-refractivity contribution in [1.29, 1.82) is 0 Å². The molecule has 1 fully saturated rings. The minimum absolute atomic E-state index is 0.0817. The number of benzene rings is 1. The molecule has 0 saturated heterocycles. The molecule has 1 N–H and O–H groups in total. The van der Waals surface area contributed by atoms with Gasteiger partial charge in [-0.05, 0) is 49.8 Å². The van der Waals surface area contributed by atoms with Crippen molar-refractivity contribution in [2.75, 3.05) is 20.8 Å².